The molecule has 0 bridgehead atoms. The second kappa shape index (κ2) is 7.56. The molecule has 4 rings (SSSR count). The Morgan fingerprint density at radius 2 is 1.97 bits per heavy atom. The third-order valence-corrected chi connectivity index (χ3v) is 6.20. The first kappa shape index (κ1) is 20.1. The molecule has 0 radical (unpaired) electrons. The number of nitrogens with zero attached hydrogens (tertiary/aromatic N) is 2. The third-order valence-electron chi connectivity index (χ3n) is 5.07. The van der Waals surface area contributed by atoms with E-state index in [1.165, 1.54) is 35.0 Å². The lowest BCUT2D eigenvalue weighted by molar-refractivity contribution is 0.355. The summed E-state index contributed by atoms with van der Waals surface area (Å²) in [5.74, 6) is 0.525. The van der Waals surface area contributed by atoms with Crippen LogP contribution in [0.1, 0.15) is 11.1 Å². The molecule has 0 saturated heterocycles. The minimum atomic E-state index is -3.31. The van der Waals surface area contributed by atoms with Gasteiger partial charge in [-0.3, -0.25) is 9.36 Å². The summed E-state index contributed by atoms with van der Waals surface area (Å²) in [7, 11) is -1.72. The van der Waals surface area contributed by atoms with Gasteiger partial charge in [-0.15, -0.1) is 0 Å². The number of nitrogens with one attached hydrogen (secondary N) is 1. The molecular weight excluding hydrogens is 409 g/mol. The molecule has 9 heteroatoms. The quantitative estimate of drug-likeness (QED) is 0.670. The van der Waals surface area contributed by atoms with Gasteiger partial charge in [-0.1, -0.05) is 12.1 Å². The fourth-order valence-electron chi connectivity index (χ4n) is 3.46. The Hall–Kier alpha value is -3.20. The first-order chi connectivity index (χ1) is 14.2. The maximum absolute atomic E-state index is 13.8. The second-order valence-electron chi connectivity index (χ2n) is 7.15. The van der Waals surface area contributed by atoms with Crippen LogP contribution in [0.15, 0.2) is 52.3 Å². The van der Waals surface area contributed by atoms with Crippen molar-refractivity contribution in [2.45, 2.75) is 17.9 Å². The summed E-state index contributed by atoms with van der Waals surface area (Å²) in [5.41, 5.74) is 2.35. The fraction of sp³-hybridized carbons (Fsp3) is 0.238. The summed E-state index contributed by atoms with van der Waals surface area (Å²) < 4.78 is 43.8. The summed E-state index contributed by atoms with van der Waals surface area (Å²) in [6.07, 6.45) is 3.28. The summed E-state index contributed by atoms with van der Waals surface area (Å²) in [6.45, 7) is 0.821. The predicted octanol–water partition coefficient (Wildman–Crippen LogP) is 2.54. The molecule has 2 aromatic carbocycles. The Morgan fingerprint density at radius 1 is 1.23 bits per heavy atom. The molecule has 7 nitrogen and oxygen atoms in total. The van der Waals surface area contributed by atoms with Crippen LogP contribution in [0, 0.1) is 5.82 Å². The van der Waals surface area contributed by atoms with Gasteiger partial charge in [-0.25, -0.2) is 17.8 Å². The van der Waals surface area contributed by atoms with Crippen LogP contribution in [-0.4, -0.2) is 30.8 Å². The Kier molecular flexibility index (Phi) is 5.07. The standard InChI is InChI=1S/C21H20FN3O4S/c1-25-20(26)18(13-3-5-16(6-4-13)30(2,27)28)12-24-21(25)23-11-14-9-15(22)10-19-17(14)7-8-29-19/h3-6,9-10,12H,7-8,11H2,1-2H3,(H,23,24). The number of anilines is 1. The van der Waals surface area contributed by atoms with E-state index in [1.807, 2.05) is 0 Å². The normalized spacial score (nSPS) is 13.0. The molecule has 3 aromatic rings. The van der Waals surface area contributed by atoms with Crippen molar-refractivity contribution in [3.63, 3.8) is 0 Å². The van der Waals surface area contributed by atoms with E-state index in [0.717, 1.165) is 17.4 Å². The molecule has 0 unspecified atom stereocenters. The molecule has 30 heavy (non-hydrogen) atoms. The molecule has 0 amide bonds. The third kappa shape index (κ3) is 3.80. The van der Waals surface area contributed by atoms with Crippen LogP contribution >= 0.6 is 0 Å². The lowest BCUT2D eigenvalue weighted by Crippen LogP contribution is -2.23. The zero-order chi connectivity index (χ0) is 21.5. The van der Waals surface area contributed by atoms with E-state index in [-0.39, 0.29) is 16.3 Å². The van der Waals surface area contributed by atoms with E-state index in [9.17, 15) is 17.6 Å². The highest BCUT2D eigenvalue weighted by molar-refractivity contribution is 7.90. The number of benzene rings is 2. The molecule has 0 spiro atoms. The maximum Gasteiger partial charge on any atom is 0.262 e. The van der Waals surface area contributed by atoms with Crippen molar-refractivity contribution in [2.75, 3.05) is 18.2 Å². The SMILES string of the molecule is Cn1c(NCc2cc(F)cc3c2CCO3)ncc(-c2ccc(S(C)(=O)=O)cc2)c1=O. The van der Waals surface area contributed by atoms with Crippen LogP contribution < -0.4 is 15.6 Å². The smallest absolute Gasteiger partial charge is 0.262 e. The van der Waals surface area contributed by atoms with E-state index >= 15 is 0 Å². The van der Waals surface area contributed by atoms with Crippen molar-refractivity contribution in [1.29, 1.82) is 0 Å². The van der Waals surface area contributed by atoms with E-state index < -0.39 is 9.84 Å². The largest absolute Gasteiger partial charge is 0.493 e. The lowest BCUT2D eigenvalue weighted by Gasteiger charge is -2.13. The minimum absolute atomic E-state index is 0.181. The van der Waals surface area contributed by atoms with Crippen LogP contribution in [0.3, 0.4) is 0 Å². The van der Waals surface area contributed by atoms with E-state index in [4.69, 9.17) is 4.74 Å². The van der Waals surface area contributed by atoms with Gasteiger partial charge in [-0.2, -0.15) is 0 Å². The summed E-state index contributed by atoms with van der Waals surface area (Å²) in [5, 5.41) is 3.09. The summed E-state index contributed by atoms with van der Waals surface area (Å²) in [4.78, 5) is 17.3. The van der Waals surface area contributed by atoms with Gasteiger partial charge >= 0.3 is 0 Å². The highest BCUT2D eigenvalue weighted by Crippen LogP contribution is 2.30. The van der Waals surface area contributed by atoms with Crippen molar-refractivity contribution < 1.29 is 17.5 Å². The van der Waals surface area contributed by atoms with Gasteiger partial charge in [0.25, 0.3) is 5.56 Å². The average molecular weight is 429 g/mol. The van der Waals surface area contributed by atoms with Gasteiger partial charge in [-0.05, 0) is 29.3 Å². The highest BCUT2D eigenvalue weighted by atomic mass is 32.2. The van der Waals surface area contributed by atoms with E-state index in [1.54, 1.807) is 19.2 Å². The van der Waals surface area contributed by atoms with E-state index in [0.29, 0.717) is 42.4 Å². The monoisotopic (exact) mass is 429 g/mol. The first-order valence-electron chi connectivity index (χ1n) is 9.28. The predicted molar refractivity (Wildman–Crippen MR) is 111 cm³/mol. The highest BCUT2D eigenvalue weighted by Gasteiger charge is 2.18. The van der Waals surface area contributed by atoms with Crippen molar-refractivity contribution in [3.8, 4) is 16.9 Å². The lowest BCUT2D eigenvalue weighted by atomic mass is 10.0. The number of aromatic nitrogens is 2. The van der Waals surface area contributed by atoms with Gasteiger partial charge in [0, 0.05) is 44.1 Å². The molecule has 2 heterocycles. The van der Waals surface area contributed by atoms with Gasteiger partial charge < -0.3 is 10.1 Å². The van der Waals surface area contributed by atoms with Crippen LogP contribution in [0.4, 0.5) is 10.3 Å². The van der Waals surface area contributed by atoms with Crippen LogP contribution in [0.2, 0.25) is 0 Å². The molecule has 1 N–H and O–H groups in total. The van der Waals surface area contributed by atoms with Crippen molar-refractivity contribution in [2.24, 2.45) is 7.05 Å². The Morgan fingerprint density at radius 3 is 2.67 bits per heavy atom. The first-order valence-corrected chi connectivity index (χ1v) is 11.2. The maximum atomic E-state index is 13.8. The Bertz CT molecular complexity index is 1280. The molecule has 156 valence electrons. The molecule has 1 aliphatic heterocycles. The minimum Gasteiger partial charge on any atom is -0.493 e. The Balaban J connectivity index is 1.59. The van der Waals surface area contributed by atoms with Crippen molar-refractivity contribution in [1.82, 2.24) is 9.55 Å². The van der Waals surface area contributed by atoms with Crippen molar-refractivity contribution in [3.05, 3.63) is 69.9 Å². The molecule has 0 aliphatic carbocycles. The van der Waals surface area contributed by atoms with Crippen LogP contribution in [-0.2, 0) is 29.9 Å². The van der Waals surface area contributed by atoms with Crippen LogP contribution in [0.5, 0.6) is 5.75 Å². The van der Waals surface area contributed by atoms with Crippen LogP contribution in [0.25, 0.3) is 11.1 Å². The number of hydrogen-bond acceptors (Lipinski definition) is 6. The summed E-state index contributed by atoms with van der Waals surface area (Å²) in [6, 6.07) is 8.92. The molecule has 0 saturated carbocycles. The second-order valence-corrected chi connectivity index (χ2v) is 9.17. The number of ether oxygens (including phenoxy) is 1. The zero-order valence-electron chi connectivity index (χ0n) is 16.5. The fourth-order valence-corrected chi connectivity index (χ4v) is 4.09. The molecule has 1 aliphatic rings. The molecule has 0 fully saturated rings. The number of rotatable bonds is 5. The molecule has 1 aromatic heterocycles. The van der Waals surface area contributed by atoms with Gasteiger partial charge in [0.15, 0.2) is 9.84 Å². The number of hydrogen-bond donors (Lipinski definition) is 1. The molecule has 0 atom stereocenters. The number of sulfone groups is 1. The molecular formula is C21H20FN3O4S. The topological polar surface area (TPSA) is 90.3 Å². The number of halogens is 1. The van der Waals surface area contributed by atoms with Crippen molar-refractivity contribution >= 4 is 15.8 Å². The van der Waals surface area contributed by atoms with E-state index in [2.05, 4.69) is 10.3 Å². The average Bonchev–Trinajstić information content (AvgIpc) is 3.17. The Labute approximate surface area is 173 Å². The zero-order valence-corrected chi connectivity index (χ0v) is 17.3. The number of fused-ring (bicyclic) bond motifs is 1. The van der Waals surface area contributed by atoms with Gasteiger partial charge in [0.05, 0.1) is 17.1 Å². The van der Waals surface area contributed by atoms with Gasteiger partial charge in [0.2, 0.25) is 5.95 Å². The van der Waals surface area contributed by atoms with Gasteiger partial charge in [0.1, 0.15) is 11.6 Å². The summed E-state index contributed by atoms with van der Waals surface area (Å²) >= 11 is 0.